The molecule has 0 radical (unpaired) electrons. The van der Waals surface area contributed by atoms with Crippen LogP contribution in [0.2, 0.25) is 0 Å². The first-order valence-corrected chi connectivity index (χ1v) is 6.91. The summed E-state index contributed by atoms with van der Waals surface area (Å²) < 4.78 is 6.02. The van der Waals surface area contributed by atoms with Crippen molar-refractivity contribution in [3.05, 3.63) is 30.2 Å². The maximum absolute atomic E-state index is 6.02. The van der Waals surface area contributed by atoms with Gasteiger partial charge in [0.1, 0.15) is 5.52 Å². The number of piperidine rings is 1. The summed E-state index contributed by atoms with van der Waals surface area (Å²) >= 11 is 0. The Morgan fingerprint density at radius 2 is 2.06 bits per heavy atom. The minimum Gasteiger partial charge on any atom is -0.440 e. The smallest absolute Gasteiger partial charge is 0.201 e. The van der Waals surface area contributed by atoms with E-state index in [1.165, 1.54) is 12.8 Å². The molecule has 0 bridgehead atoms. The summed E-state index contributed by atoms with van der Waals surface area (Å²) in [5, 5.41) is 3.43. The van der Waals surface area contributed by atoms with Crippen molar-refractivity contribution in [3.8, 4) is 0 Å². The molecule has 3 heteroatoms. The fourth-order valence-corrected chi connectivity index (χ4v) is 3.05. The van der Waals surface area contributed by atoms with E-state index in [-0.39, 0.29) is 5.41 Å². The van der Waals surface area contributed by atoms with Crippen LogP contribution in [0, 0.1) is 0 Å². The molecule has 3 nitrogen and oxygen atoms in total. The minimum absolute atomic E-state index is 0.152. The number of hydrogen-bond acceptors (Lipinski definition) is 3. The lowest BCUT2D eigenvalue weighted by Gasteiger charge is -2.34. The first-order chi connectivity index (χ1) is 8.84. The second kappa shape index (κ2) is 4.73. The predicted molar refractivity (Wildman–Crippen MR) is 72.7 cm³/mol. The van der Waals surface area contributed by atoms with Crippen LogP contribution in [0.3, 0.4) is 0 Å². The molecular formula is C15H20N2O. The van der Waals surface area contributed by atoms with Crippen LogP contribution < -0.4 is 5.32 Å². The molecule has 0 spiro atoms. The summed E-state index contributed by atoms with van der Waals surface area (Å²) in [7, 11) is 0. The van der Waals surface area contributed by atoms with E-state index in [0.29, 0.717) is 0 Å². The van der Waals surface area contributed by atoms with Crippen LogP contribution in [0.25, 0.3) is 11.1 Å². The highest BCUT2D eigenvalue weighted by Gasteiger charge is 2.37. The van der Waals surface area contributed by atoms with Crippen LogP contribution >= 0.6 is 0 Å². The summed E-state index contributed by atoms with van der Waals surface area (Å²) in [5.41, 5.74) is 2.06. The molecule has 2 heterocycles. The highest BCUT2D eigenvalue weighted by molar-refractivity contribution is 5.72. The normalized spacial score (nSPS) is 19.2. The zero-order chi connectivity index (χ0) is 12.4. The van der Waals surface area contributed by atoms with Crippen molar-refractivity contribution in [3.63, 3.8) is 0 Å². The number of rotatable bonds is 3. The second-order valence-electron chi connectivity index (χ2n) is 5.27. The van der Waals surface area contributed by atoms with Crippen molar-refractivity contribution in [1.82, 2.24) is 10.3 Å². The van der Waals surface area contributed by atoms with Gasteiger partial charge in [0.25, 0.3) is 0 Å². The van der Waals surface area contributed by atoms with E-state index in [4.69, 9.17) is 9.40 Å². The third-order valence-electron chi connectivity index (χ3n) is 4.04. The SMILES string of the molecule is CCCC1(c2nc3ccccc3o2)CCNCC1. The zero-order valence-corrected chi connectivity index (χ0v) is 10.9. The third-order valence-corrected chi connectivity index (χ3v) is 4.04. The number of benzene rings is 1. The fraction of sp³-hybridized carbons (Fsp3) is 0.533. The molecule has 0 aliphatic carbocycles. The average Bonchev–Trinajstić information content (AvgIpc) is 2.84. The Kier molecular flexibility index (Phi) is 3.08. The number of para-hydroxylation sites is 2. The Bertz CT molecular complexity index is 488. The molecule has 18 heavy (non-hydrogen) atoms. The summed E-state index contributed by atoms with van der Waals surface area (Å²) in [5.74, 6) is 0.951. The van der Waals surface area contributed by atoms with Crippen molar-refractivity contribution in [2.75, 3.05) is 13.1 Å². The van der Waals surface area contributed by atoms with E-state index in [2.05, 4.69) is 12.2 Å². The predicted octanol–water partition coefficient (Wildman–Crippen LogP) is 3.25. The first kappa shape index (κ1) is 11.7. The molecule has 96 valence electrons. The van der Waals surface area contributed by atoms with E-state index in [1.807, 2.05) is 24.3 Å². The molecule has 0 saturated carbocycles. The zero-order valence-electron chi connectivity index (χ0n) is 10.9. The topological polar surface area (TPSA) is 38.1 Å². The lowest BCUT2D eigenvalue weighted by atomic mass is 9.75. The van der Waals surface area contributed by atoms with Crippen molar-refractivity contribution < 1.29 is 4.42 Å². The van der Waals surface area contributed by atoms with Crippen LogP contribution in [0.15, 0.2) is 28.7 Å². The standard InChI is InChI=1S/C15H20N2O/c1-2-7-15(8-10-16-11-9-15)14-17-12-5-3-4-6-13(12)18-14/h3-6,16H,2,7-11H2,1H3. The van der Waals surface area contributed by atoms with E-state index < -0.39 is 0 Å². The number of fused-ring (bicyclic) bond motifs is 1. The molecule has 2 aromatic rings. The number of nitrogens with zero attached hydrogens (tertiary/aromatic N) is 1. The van der Waals surface area contributed by atoms with E-state index in [9.17, 15) is 0 Å². The molecule has 0 unspecified atom stereocenters. The van der Waals surface area contributed by atoms with Crippen molar-refractivity contribution >= 4 is 11.1 Å². The van der Waals surface area contributed by atoms with Gasteiger partial charge >= 0.3 is 0 Å². The Labute approximate surface area is 108 Å². The van der Waals surface area contributed by atoms with Gasteiger partial charge in [0, 0.05) is 5.41 Å². The van der Waals surface area contributed by atoms with Gasteiger partial charge in [0.05, 0.1) is 0 Å². The highest BCUT2D eigenvalue weighted by Crippen LogP contribution is 2.38. The number of nitrogens with one attached hydrogen (secondary N) is 1. The molecule has 1 saturated heterocycles. The van der Waals surface area contributed by atoms with Crippen LogP contribution in [0.5, 0.6) is 0 Å². The largest absolute Gasteiger partial charge is 0.440 e. The van der Waals surface area contributed by atoms with Crippen molar-refractivity contribution in [1.29, 1.82) is 0 Å². The Balaban J connectivity index is 2.03. The molecule has 1 aromatic heterocycles. The summed E-state index contributed by atoms with van der Waals surface area (Å²) in [6.07, 6.45) is 4.61. The molecule has 0 atom stereocenters. The lowest BCUT2D eigenvalue weighted by Crippen LogP contribution is -2.40. The quantitative estimate of drug-likeness (QED) is 0.900. The Morgan fingerprint density at radius 3 is 2.78 bits per heavy atom. The summed E-state index contributed by atoms with van der Waals surface area (Å²) in [4.78, 5) is 4.73. The van der Waals surface area contributed by atoms with Gasteiger partial charge < -0.3 is 9.73 Å². The van der Waals surface area contributed by atoms with E-state index in [1.54, 1.807) is 0 Å². The summed E-state index contributed by atoms with van der Waals surface area (Å²) in [6.45, 7) is 4.38. The average molecular weight is 244 g/mol. The maximum atomic E-state index is 6.02. The molecule has 1 fully saturated rings. The van der Waals surface area contributed by atoms with E-state index in [0.717, 1.165) is 42.9 Å². The molecule has 1 N–H and O–H groups in total. The Hall–Kier alpha value is -1.35. The van der Waals surface area contributed by atoms with Crippen molar-refractivity contribution in [2.45, 2.75) is 38.0 Å². The fourth-order valence-electron chi connectivity index (χ4n) is 3.05. The second-order valence-corrected chi connectivity index (χ2v) is 5.27. The van der Waals surface area contributed by atoms with Gasteiger partial charge in [-0.1, -0.05) is 25.5 Å². The van der Waals surface area contributed by atoms with Gasteiger partial charge in [-0.15, -0.1) is 0 Å². The molecule has 0 amide bonds. The van der Waals surface area contributed by atoms with Gasteiger partial charge in [-0.2, -0.15) is 0 Å². The van der Waals surface area contributed by atoms with Crippen molar-refractivity contribution in [2.24, 2.45) is 0 Å². The minimum atomic E-state index is 0.152. The third kappa shape index (κ3) is 1.93. The van der Waals surface area contributed by atoms with Crippen LogP contribution in [-0.2, 0) is 5.41 Å². The van der Waals surface area contributed by atoms with Gasteiger partial charge in [-0.25, -0.2) is 4.98 Å². The van der Waals surface area contributed by atoms with Crippen LogP contribution in [0.4, 0.5) is 0 Å². The first-order valence-electron chi connectivity index (χ1n) is 6.91. The highest BCUT2D eigenvalue weighted by atomic mass is 16.3. The number of hydrogen-bond donors (Lipinski definition) is 1. The molecule has 3 rings (SSSR count). The van der Waals surface area contributed by atoms with Gasteiger partial charge in [-0.3, -0.25) is 0 Å². The van der Waals surface area contributed by atoms with Crippen LogP contribution in [0.1, 0.15) is 38.5 Å². The molecule has 1 aliphatic rings. The monoisotopic (exact) mass is 244 g/mol. The molecule has 1 aliphatic heterocycles. The van der Waals surface area contributed by atoms with Crippen LogP contribution in [-0.4, -0.2) is 18.1 Å². The maximum Gasteiger partial charge on any atom is 0.201 e. The molecular weight excluding hydrogens is 224 g/mol. The Morgan fingerprint density at radius 1 is 1.28 bits per heavy atom. The van der Waals surface area contributed by atoms with Gasteiger partial charge in [0.15, 0.2) is 5.58 Å². The van der Waals surface area contributed by atoms with E-state index >= 15 is 0 Å². The van der Waals surface area contributed by atoms with Gasteiger partial charge in [-0.05, 0) is 44.5 Å². The van der Waals surface area contributed by atoms with Gasteiger partial charge in [0.2, 0.25) is 5.89 Å². The summed E-state index contributed by atoms with van der Waals surface area (Å²) in [6, 6.07) is 8.06. The molecule has 1 aromatic carbocycles. The lowest BCUT2D eigenvalue weighted by molar-refractivity contribution is 0.234. The number of oxazole rings is 1. The number of aromatic nitrogens is 1.